The van der Waals surface area contributed by atoms with Crippen LogP contribution in [0.15, 0.2) is 53.1 Å². The second-order valence-electron chi connectivity index (χ2n) is 5.04. The first-order chi connectivity index (χ1) is 11.5. The standard InChI is InChI=1S/C16H15N3O4S/c1-22-14-10-6-4-8-12(14)15-17-16(23-18-15)11-7-3-5-9-13(11)19-24(2,20)21/h3-10,19H,1-2H3. The maximum absolute atomic E-state index is 11.5. The fourth-order valence-electron chi connectivity index (χ4n) is 2.23. The lowest BCUT2D eigenvalue weighted by Crippen LogP contribution is -2.10. The van der Waals surface area contributed by atoms with Crippen LogP contribution in [0.1, 0.15) is 0 Å². The largest absolute Gasteiger partial charge is 0.496 e. The van der Waals surface area contributed by atoms with Gasteiger partial charge in [0, 0.05) is 0 Å². The summed E-state index contributed by atoms with van der Waals surface area (Å²) in [5, 5.41) is 3.97. The molecule has 0 unspecified atom stereocenters. The van der Waals surface area contributed by atoms with Gasteiger partial charge in [-0.2, -0.15) is 4.98 Å². The van der Waals surface area contributed by atoms with Crippen LogP contribution in [0.2, 0.25) is 0 Å². The highest BCUT2D eigenvalue weighted by Crippen LogP contribution is 2.31. The SMILES string of the molecule is COc1ccccc1-c1noc(-c2ccccc2NS(C)(=O)=O)n1. The van der Waals surface area contributed by atoms with E-state index in [-0.39, 0.29) is 5.89 Å². The lowest BCUT2D eigenvalue weighted by molar-refractivity contribution is 0.413. The summed E-state index contributed by atoms with van der Waals surface area (Å²) >= 11 is 0. The van der Waals surface area contributed by atoms with Crippen molar-refractivity contribution in [3.05, 3.63) is 48.5 Å². The molecule has 0 fully saturated rings. The van der Waals surface area contributed by atoms with Crippen molar-refractivity contribution in [1.29, 1.82) is 0 Å². The van der Waals surface area contributed by atoms with E-state index in [9.17, 15) is 8.42 Å². The van der Waals surface area contributed by atoms with Gasteiger partial charge >= 0.3 is 0 Å². The third-order valence-electron chi connectivity index (χ3n) is 3.23. The number of rotatable bonds is 5. The summed E-state index contributed by atoms with van der Waals surface area (Å²) in [6, 6.07) is 14.1. The van der Waals surface area contributed by atoms with Gasteiger partial charge in [-0.05, 0) is 24.3 Å². The monoisotopic (exact) mass is 345 g/mol. The Kier molecular flexibility index (Phi) is 4.22. The summed E-state index contributed by atoms with van der Waals surface area (Å²) in [4.78, 5) is 4.36. The maximum atomic E-state index is 11.5. The summed E-state index contributed by atoms with van der Waals surface area (Å²) < 4.78 is 36.0. The number of para-hydroxylation sites is 2. The Morgan fingerprint density at radius 3 is 2.42 bits per heavy atom. The summed E-state index contributed by atoms with van der Waals surface area (Å²) in [5.41, 5.74) is 1.55. The number of anilines is 1. The number of methoxy groups -OCH3 is 1. The number of sulfonamides is 1. The third kappa shape index (κ3) is 3.38. The minimum Gasteiger partial charge on any atom is -0.496 e. The maximum Gasteiger partial charge on any atom is 0.260 e. The van der Waals surface area contributed by atoms with Crippen molar-refractivity contribution in [2.45, 2.75) is 0 Å². The number of aromatic nitrogens is 2. The molecule has 1 N–H and O–H groups in total. The van der Waals surface area contributed by atoms with Gasteiger partial charge in [0.25, 0.3) is 5.89 Å². The average molecular weight is 345 g/mol. The van der Waals surface area contributed by atoms with Gasteiger partial charge in [-0.15, -0.1) is 0 Å². The number of hydrogen-bond acceptors (Lipinski definition) is 6. The van der Waals surface area contributed by atoms with E-state index in [4.69, 9.17) is 9.26 Å². The van der Waals surface area contributed by atoms with Crippen molar-refractivity contribution < 1.29 is 17.7 Å². The molecule has 0 saturated carbocycles. The summed E-state index contributed by atoms with van der Waals surface area (Å²) in [5.74, 6) is 1.19. The van der Waals surface area contributed by atoms with Crippen LogP contribution < -0.4 is 9.46 Å². The summed E-state index contributed by atoms with van der Waals surface area (Å²) in [6.07, 6.45) is 1.08. The first kappa shape index (κ1) is 16.0. The van der Waals surface area contributed by atoms with Crippen LogP contribution in [0.5, 0.6) is 5.75 Å². The highest BCUT2D eigenvalue weighted by molar-refractivity contribution is 7.92. The molecule has 0 saturated heterocycles. The summed E-state index contributed by atoms with van der Waals surface area (Å²) in [6.45, 7) is 0. The zero-order valence-electron chi connectivity index (χ0n) is 13.1. The van der Waals surface area contributed by atoms with Crippen molar-refractivity contribution in [2.75, 3.05) is 18.1 Å². The summed E-state index contributed by atoms with van der Waals surface area (Å²) in [7, 11) is -1.86. The predicted molar refractivity (Wildman–Crippen MR) is 90.2 cm³/mol. The first-order valence-electron chi connectivity index (χ1n) is 7.02. The molecule has 8 heteroatoms. The molecule has 0 aliphatic heterocycles. The van der Waals surface area contributed by atoms with Gasteiger partial charge in [-0.1, -0.05) is 29.4 Å². The van der Waals surface area contributed by atoms with E-state index < -0.39 is 10.0 Å². The van der Waals surface area contributed by atoms with Crippen molar-refractivity contribution in [1.82, 2.24) is 10.1 Å². The molecule has 0 aliphatic carbocycles. The Morgan fingerprint density at radius 2 is 1.71 bits per heavy atom. The molecule has 0 atom stereocenters. The molecule has 7 nitrogen and oxygen atoms in total. The van der Waals surface area contributed by atoms with Crippen molar-refractivity contribution in [2.24, 2.45) is 0 Å². The van der Waals surface area contributed by atoms with Crippen molar-refractivity contribution >= 4 is 15.7 Å². The van der Waals surface area contributed by atoms with E-state index in [1.54, 1.807) is 37.4 Å². The number of nitrogens with zero attached hydrogens (tertiary/aromatic N) is 2. The number of ether oxygens (including phenoxy) is 1. The fraction of sp³-hybridized carbons (Fsp3) is 0.125. The van der Waals surface area contributed by atoms with Crippen molar-refractivity contribution in [3.63, 3.8) is 0 Å². The van der Waals surface area contributed by atoms with Gasteiger partial charge in [0.1, 0.15) is 5.75 Å². The Bertz CT molecular complexity index is 967. The normalized spacial score (nSPS) is 11.2. The molecule has 1 aromatic heterocycles. The quantitative estimate of drug-likeness (QED) is 0.764. The molecule has 2 aromatic carbocycles. The molecule has 3 aromatic rings. The molecule has 0 spiro atoms. The third-order valence-corrected chi connectivity index (χ3v) is 3.82. The minimum atomic E-state index is -3.42. The van der Waals surface area contributed by atoms with Gasteiger partial charge in [-0.3, -0.25) is 4.72 Å². The van der Waals surface area contributed by atoms with Crippen LogP contribution in [-0.2, 0) is 10.0 Å². The molecular formula is C16H15N3O4S. The van der Waals surface area contributed by atoms with Crippen molar-refractivity contribution in [3.8, 4) is 28.6 Å². The van der Waals surface area contributed by atoms with Crippen LogP contribution in [0.4, 0.5) is 5.69 Å². The number of nitrogens with one attached hydrogen (secondary N) is 1. The fourth-order valence-corrected chi connectivity index (χ4v) is 2.81. The second kappa shape index (κ2) is 6.32. The van der Waals surface area contributed by atoms with Gasteiger partial charge in [-0.25, -0.2) is 8.42 Å². The van der Waals surface area contributed by atoms with E-state index in [0.29, 0.717) is 28.4 Å². The molecule has 0 amide bonds. The minimum absolute atomic E-state index is 0.211. The smallest absolute Gasteiger partial charge is 0.260 e. The molecule has 124 valence electrons. The van der Waals surface area contributed by atoms with E-state index >= 15 is 0 Å². The number of hydrogen-bond donors (Lipinski definition) is 1. The van der Waals surface area contributed by atoms with Crippen LogP contribution in [0, 0.1) is 0 Å². The highest BCUT2D eigenvalue weighted by Gasteiger charge is 2.17. The lowest BCUT2D eigenvalue weighted by atomic mass is 10.1. The molecule has 24 heavy (non-hydrogen) atoms. The van der Waals surface area contributed by atoms with Gasteiger partial charge in [0.2, 0.25) is 15.8 Å². The molecule has 0 aliphatic rings. The van der Waals surface area contributed by atoms with Crippen LogP contribution >= 0.6 is 0 Å². The molecule has 0 bridgehead atoms. The van der Waals surface area contributed by atoms with Crippen LogP contribution in [-0.4, -0.2) is 31.9 Å². The molecule has 0 radical (unpaired) electrons. The van der Waals surface area contributed by atoms with Crippen LogP contribution in [0.25, 0.3) is 22.8 Å². The molecular weight excluding hydrogens is 330 g/mol. The molecule has 3 rings (SSSR count). The topological polar surface area (TPSA) is 94.3 Å². The zero-order valence-corrected chi connectivity index (χ0v) is 13.9. The Labute approximate surface area is 139 Å². The number of benzene rings is 2. The first-order valence-corrected chi connectivity index (χ1v) is 8.91. The van der Waals surface area contributed by atoms with Crippen LogP contribution in [0.3, 0.4) is 0 Å². The zero-order chi connectivity index (χ0) is 17.2. The van der Waals surface area contributed by atoms with Gasteiger partial charge in [0.05, 0.1) is 30.2 Å². The average Bonchev–Trinajstić information content (AvgIpc) is 3.03. The van der Waals surface area contributed by atoms with E-state index in [1.807, 2.05) is 18.2 Å². The van der Waals surface area contributed by atoms with E-state index in [1.165, 1.54) is 0 Å². The Hall–Kier alpha value is -2.87. The van der Waals surface area contributed by atoms with E-state index in [0.717, 1.165) is 6.26 Å². The molecule has 1 heterocycles. The Morgan fingerprint density at radius 1 is 1.04 bits per heavy atom. The lowest BCUT2D eigenvalue weighted by Gasteiger charge is -2.07. The van der Waals surface area contributed by atoms with Gasteiger partial charge in [0.15, 0.2) is 0 Å². The second-order valence-corrected chi connectivity index (χ2v) is 6.79. The highest BCUT2D eigenvalue weighted by atomic mass is 32.2. The van der Waals surface area contributed by atoms with Gasteiger partial charge < -0.3 is 9.26 Å². The Balaban J connectivity index is 2.03. The predicted octanol–water partition coefficient (Wildman–Crippen LogP) is 2.78. The van der Waals surface area contributed by atoms with E-state index in [2.05, 4.69) is 14.9 Å².